The van der Waals surface area contributed by atoms with E-state index in [2.05, 4.69) is 5.32 Å². The van der Waals surface area contributed by atoms with Gasteiger partial charge in [-0.2, -0.15) is 0 Å². The van der Waals surface area contributed by atoms with Gasteiger partial charge in [-0.3, -0.25) is 4.79 Å². The van der Waals surface area contributed by atoms with Gasteiger partial charge in [0.2, 0.25) is 15.9 Å². The number of benzene rings is 2. The van der Waals surface area contributed by atoms with E-state index in [1.54, 1.807) is 48.5 Å². The fourth-order valence-electron chi connectivity index (χ4n) is 3.40. The van der Waals surface area contributed by atoms with E-state index >= 15 is 0 Å². The molecule has 1 amide bonds. The Labute approximate surface area is 170 Å². The molecule has 29 heavy (non-hydrogen) atoms. The maximum absolute atomic E-state index is 12.8. The highest BCUT2D eigenvalue weighted by Gasteiger charge is 2.32. The van der Waals surface area contributed by atoms with Gasteiger partial charge in [0.25, 0.3) is 0 Å². The summed E-state index contributed by atoms with van der Waals surface area (Å²) in [6.45, 7) is 0.527. The van der Waals surface area contributed by atoms with Crippen LogP contribution < -0.4 is 5.32 Å². The number of hydrogen-bond donors (Lipinski definition) is 1. The van der Waals surface area contributed by atoms with Gasteiger partial charge < -0.3 is 10.1 Å². The second-order valence-electron chi connectivity index (χ2n) is 6.97. The van der Waals surface area contributed by atoms with Gasteiger partial charge in [0.05, 0.1) is 30.0 Å². The first-order valence-corrected chi connectivity index (χ1v) is 11.0. The van der Waals surface area contributed by atoms with Gasteiger partial charge >= 0.3 is 5.97 Å². The van der Waals surface area contributed by atoms with Crippen molar-refractivity contribution >= 4 is 27.6 Å². The lowest BCUT2D eigenvalue weighted by atomic mass is 9.98. The predicted octanol–water partition coefficient (Wildman–Crippen LogP) is 2.65. The molecule has 0 spiro atoms. The summed E-state index contributed by atoms with van der Waals surface area (Å²) >= 11 is 0. The van der Waals surface area contributed by atoms with Crippen LogP contribution in [-0.2, 0) is 25.3 Å². The molecular formula is C21H24N2O5S. The second kappa shape index (κ2) is 9.19. The van der Waals surface area contributed by atoms with Crippen LogP contribution in [0.25, 0.3) is 0 Å². The molecule has 2 aromatic carbocycles. The molecule has 1 aliphatic rings. The molecule has 2 aromatic rings. The van der Waals surface area contributed by atoms with Crippen LogP contribution in [0.15, 0.2) is 54.6 Å². The smallest absolute Gasteiger partial charge is 0.339 e. The number of carbonyl (C=O) groups is 2. The Morgan fingerprint density at radius 2 is 1.79 bits per heavy atom. The van der Waals surface area contributed by atoms with Crippen molar-refractivity contribution in [2.45, 2.75) is 18.6 Å². The number of methoxy groups -OCH3 is 1. The number of nitrogens with one attached hydrogen (secondary N) is 1. The van der Waals surface area contributed by atoms with Crippen molar-refractivity contribution in [2.75, 3.05) is 25.5 Å². The first-order chi connectivity index (χ1) is 13.9. The highest BCUT2D eigenvalue weighted by molar-refractivity contribution is 7.88. The monoisotopic (exact) mass is 416 g/mol. The zero-order valence-electron chi connectivity index (χ0n) is 16.2. The summed E-state index contributed by atoms with van der Waals surface area (Å²) in [6, 6.07) is 15.6. The molecular weight excluding hydrogens is 392 g/mol. The van der Waals surface area contributed by atoms with Gasteiger partial charge in [0.15, 0.2) is 0 Å². The van der Waals surface area contributed by atoms with E-state index in [0.29, 0.717) is 30.6 Å². The van der Waals surface area contributed by atoms with Crippen LogP contribution in [0.2, 0.25) is 0 Å². The second-order valence-corrected chi connectivity index (χ2v) is 8.93. The minimum absolute atomic E-state index is 0.0899. The van der Waals surface area contributed by atoms with Crippen LogP contribution in [0, 0.1) is 5.92 Å². The van der Waals surface area contributed by atoms with Gasteiger partial charge in [0.1, 0.15) is 0 Å². The SMILES string of the molecule is COC(=O)c1ccccc1NC(=O)[C@@H]1CCCN(S(=O)(=O)Cc2ccccc2)C1. The van der Waals surface area contributed by atoms with E-state index in [4.69, 9.17) is 4.74 Å². The Balaban J connectivity index is 1.69. The van der Waals surface area contributed by atoms with Crippen molar-refractivity contribution in [2.24, 2.45) is 5.92 Å². The fraction of sp³-hybridized carbons (Fsp3) is 0.333. The maximum Gasteiger partial charge on any atom is 0.339 e. The molecule has 3 rings (SSSR count). The molecule has 1 atom stereocenters. The molecule has 1 N–H and O–H groups in total. The van der Waals surface area contributed by atoms with E-state index in [0.717, 1.165) is 0 Å². The number of esters is 1. The zero-order valence-corrected chi connectivity index (χ0v) is 17.0. The molecule has 0 bridgehead atoms. The van der Waals surface area contributed by atoms with Crippen LogP contribution in [0.3, 0.4) is 0 Å². The predicted molar refractivity (Wildman–Crippen MR) is 110 cm³/mol. The van der Waals surface area contributed by atoms with E-state index in [1.807, 2.05) is 6.07 Å². The van der Waals surface area contributed by atoms with Crippen molar-refractivity contribution in [3.63, 3.8) is 0 Å². The zero-order chi connectivity index (χ0) is 20.9. The molecule has 0 aliphatic carbocycles. The summed E-state index contributed by atoms with van der Waals surface area (Å²) in [5, 5.41) is 2.76. The maximum atomic E-state index is 12.8. The molecule has 1 heterocycles. The average molecular weight is 416 g/mol. The standard InChI is InChI=1S/C21H24N2O5S/c1-28-21(25)18-11-5-6-12-19(18)22-20(24)17-10-7-13-23(14-17)29(26,27)15-16-8-3-2-4-9-16/h2-6,8-9,11-12,17H,7,10,13-15H2,1H3,(H,22,24)/t17-/m1/s1. The minimum atomic E-state index is -3.52. The summed E-state index contributed by atoms with van der Waals surface area (Å²) in [5.41, 5.74) is 1.33. The van der Waals surface area contributed by atoms with Crippen LogP contribution in [-0.4, -0.2) is 44.8 Å². The normalized spacial score (nSPS) is 17.5. The van der Waals surface area contributed by atoms with E-state index in [1.165, 1.54) is 11.4 Å². The van der Waals surface area contributed by atoms with Crippen molar-refractivity contribution in [3.8, 4) is 0 Å². The van der Waals surface area contributed by atoms with Crippen molar-refractivity contribution in [1.29, 1.82) is 0 Å². The number of para-hydroxylation sites is 1. The van der Waals surface area contributed by atoms with Crippen molar-refractivity contribution in [3.05, 3.63) is 65.7 Å². The molecule has 0 unspecified atom stereocenters. The summed E-state index contributed by atoms with van der Waals surface area (Å²) < 4.78 is 31.7. The van der Waals surface area contributed by atoms with Gasteiger partial charge in [-0.1, -0.05) is 42.5 Å². The lowest BCUT2D eigenvalue weighted by Gasteiger charge is -2.31. The minimum Gasteiger partial charge on any atom is -0.465 e. The van der Waals surface area contributed by atoms with E-state index in [9.17, 15) is 18.0 Å². The number of sulfonamides is 1. The number of ether oxygens (including phenoxy) is 1. The number of rotatable bonds is 6. The van der Waals surface area contributed by atoms with Gasteiger partial charge in [0, 0.05) is 13.1 Å². The quantitative estimate of drug-likeness (QED) is 0.731. The van der Waals surface area contributed by atoms with Crippen LogP contribution in [0.4, 0.5) is 5.69 Å². The first kappa shape index (κ1) is 21.0. The Morgan fingerprint density at radius 3 is 2.52 bits per heavy atom. The number of anilines is 1. The topological polar surface area (TPSA) is 92.8 Å². The Bertz CT molecular complexity index is 976. The third kappa shape index (κ3) is 5.21. The lowest BCUT2D eigenvalue weighted by molar-refractivity contribution is -0.120. The lowest BCUT2D eigenvalue weighted by Crippen LogP contribution is -2.44. The molecule has 8 heteroatoms. The van der Waals surface area contributed by atoms with E-state index in [-0.39, 0.29) is 23.8 Å². The third-order valence-corrected chi connectivity index (χ3v) is 6.75. The number of hydrogen-bond acceptors (Lipinski definition) is 5. The summed E-state index contributed by atoms with van der Waals surface area (Å²) in [6.07, 6.45) is 1.19. The first-order valence-electron chi connectivity index (χ1n) is 9.40. The van der Waals surface area contributed by atoms with E-state index < -0.39 is 21.9 Å². The number of carbonyl (C=O) groups excluding carboxylic acids is 2. The molecule has 7 nitrogen and oxygen atoms in total. The summed E-state index contributed by atoms with van der Waals surface area (Å²) in [5.74, 6) is -1.43. The van der Waals surface area contributed by atoms with Gasteiger partial charge in [-0.25, -0.2) is 17.5 Å². The van der Waals surface area contributed by atoms with Gasteiger partial charge in [-0.15, -0.1) is 0 Å². The number of piperidine rings is 1. The third-order valence-electron chi connectivity index (χ3n) is 4.93. The number of nitrogens with zero attached hydrogens (tertiary/aromatic N) is 1. The highest BCUT2D eigenvalue weighted by atomic mass is 32.2. The number of amides is 1. The van der Waals surface area contributed by atoms with Crippen LogP contribution in [0.1, 0.15) is 28.8 Å². The highest BCUT2D eigenvalue weighted by Crippen LogP contribution is 2.24. The molecule has 0 radical (unpaired) electrons. The van der Waals surface area contributed by atoms with Crippen molar-refractivity contribution < 1.29 is 22.7 Å². The Hall–Kier alpha value is -2.71. The average Bonchev–Trinajstić information content (AvgIpc) is 2.74. The molecule has 1 fully saturated rings. The Kier molecular flexibility index (Phi) is 6.66. The summed E-state index contributed by atoms with van der Waals surface area (Å²) in [7, 11) is -2.25. The largest absolute Gasteiger partial charge is 0.465 e. The molecule has 0 aromatic heterocycles. The van der Waals surface area contributed by atoms with Crippen LogP contribution >= 0.6 is 0 Å². The Morgan fingerprint density at radius 1 is 1.10 bits per heavy atom. The van der Waals surface area contributed by atoms with Gasteiger partial charge in [-0.05, 0) is 30.5 Å². The van der Waals surface area contributed by atoms with Crippen molar-refractivity contribution in [1.82, 2.24) is 4.31 Å². The molecule has 0 saturated carbocycles. The molecule has 154 valence electrons. The van der Waals surface area contributed by atoms with Crippen LogP contribution in [0.5, 0.6) is 0 Å². The molecule has 1 saturated heterocycles. The molecule has 1 aliphatic heterocycles. The summed E-state index contributed by atoms with van der Waals surface area (Å²) in [4.78, 5) is 24.7. The fourth-order valence-corrected chi connectivity index (χ4v) is 5.01.